The monoisotopic (exact) mass is 481 g/mol. The number of aromatic nitrogens is 4. The van der Waals surface area contributed by atoms with Crippen LogP contribution in [0.4, 0.5) is 0 Å². The summed E-state index contributed by atoms with van der Waals surface area (Å²) in [7, 11) is -3.33. The molecule has 1 aromatic carbocycles. The molecule has 2 aliphatic heterocycles. The third kappa shape index (κ3) is 3.57. The molecule has 1 N–H and O–H groups in total. The summed E-state index contributed by atoms with van der Waals surface area (Å²) in [5, 5.41) is 6.37. The molecule has 1 spiro atoms. The van der Waals surface area contributed by atoms with Gasteiger partial charge >= 0.3 is 0 Å². The van der Waals surface area contributed by atoms with Crippen molar-refractivity contribution < 1.29 is 8.42 Å². The van der Waals surface area contributed by atoms with Crippen molar-refractivity contribution in [3.8, 4) is 11.3 Å². The maximum Gasteiger partial charge on any atom is 0.218 e. The topological polar surface area (TPSA) is 83.9 Å². The quantitative estimate of drug-likeness (QED) is 0.469. The van der Waals surface area contributed by atoms with Crippen LogP contribution in [0.1, 0.15) is 30.5 Å². The van der Waals surface area contributed by atoms with Crippen LogP contribution >= 0.6 is 11.6 Å². The molecule has 0 aliphatic carbocycles. The number of nitrogens with one attached hydrogen (secondary N) is 1. The fourth-order valence-corrected chi connectivity index (χ4v) is 7.02. The van der Waals surface area contributed by atoms with Gasteiger partial charge in [-0.3, -0.25) is 4.68 Å². The number of hydrogen-bond donors (Lipinski definition) is 1. The molecule has 0 atom stereocenters. The Balaban J connectivity index is 1.23. The van der Waals surface area contributed by atoms with Crippen LogP contribution in [0.2, 0.25) is 5.02 Å². The standard InChI is InChI=1S/C24H24ClN5O2S/c25-20-15-27-23-19(20)12-18(14-26-23)21-13-22-24(8-11-30(22)28-21)6-9-29(10-7-24)33(31,32)16-17-4-2-1-3-5-17/h1-5,12-15H,6-11,16H2,(H,26,27). The van der Waals surface area contributed by atoms with E-state index >= 15 is 0 Å². The molecule has 5 heterocycles. The average Bonchev–Trinajstić information content (AvgIpc) is 3.50. The lowest BCUT2D eigenvalue weighted by molar-refractivity contribution is 0.231. The van der Waals surface area contributed by atoms with E-state index < -0.39 is 10.0 Å². The predicted octanol–water partition coefficient (Wildman–Crippen LogP) is 4.35. The molecule has 0 bridgehead atoms. The van der Waals surface area contributed by atoms with Crippen LogP contribution in [-0.4, -0.2) is 45.6 Å². The Hall–Kier alpha value is -2.68. The summed E-state index contributed by atoms with van der Waals surface area (Å²) in [6, 6.07) is 13.6. The summed E-state index contributed by atoms with van der Waals surface area (Å²) in [4.78, 5) is 7.53. The Morgan fingerprint density at radius 3 is 2.61 bits per heavy atom. The number of fused-ring (bicyclic) bond motifs is 3. The number of sulfonamides is 1. The van der Waals surface area contributed by atoms with Crippen LogP contribution < -0.4 is 0 Å². The van der Waals surface area contributed by atoms with Crippen molar-refractivity contribution in [3.63, 3.8) is 0 Å². The van der Waals surface area contributed by atoms with Gasteiger partial charge in [0.2, 0.25) is 10.0 Å². The number of piperidine rings is 1. The number of aryl methyl sites for hydroxylation is 1. The summed E-state index contributed by atoms with van der Waals surface area (Å²) in [5.41, 5.74) is 4.59. The highest BCUT2D eigenvalue weighted by molar-refractivity contribution is 7.88. The van der Waals surface area contributed by atoms with Gasteiger partial charge in [0.15, 0.2) is 0 Å². The summed E-state index contributed by atoms with van der Waals surface area (Å²) < 4.78 is 29.7. The number of H-pyrrole nitrogens is 1. The van der Waals surface area contributed by atoms with Gasteiger partial charge in [0, 0.05) is 54.1 Å². The first-order chi connectivity index (χ1) is 15.9. The summed E-state index contributed by atoms with van der Waals surface area (Å²) in [5.74, 6) is 0.0557. The number of pyridine rings is 1. The van der Waals surface area contributed by atoms with Crippen molar-refractivity contribution in [2.75, 3.05) is 13.1 Å². The van der Waals surface area contributed by atoms with Gasteiger partial charge in [0.1, 0.15) is 5.65 Å². The normalized spacial score (nSPS) is 18.2. The maximum atomic E-state index is 13.0. The number of rotatable bonds is 4. The molecule has 7 nitrogen and oxygen atoms in total. The van der Waals surface area contributed by atoms with Crippen molar-refractivity contribution >= 4 is 32.7 Å². The smallest absolute Gasteiger partial charge is 0.218 e. The van der Waals surface area contributed by atoms with E-state index in [4.69, 9.17) is 16.7 Å². The highest BCUT2D eigenvalue weighted by Gasteiger charge is 2.44. The summed E-state index contributed by atoms with van der Waals surface area (Å²) >= 11 is 6.27. The minimum absolute atomic E-state index is 0.0206. The number of nitrogens with zero attached hydrogens (tertiary/aromatic N) is 4. The number of hydrogen-bond acceptors (Lipinski definition) is 4. The van der Waals surface area contributed by atoms with Crippen molar-refractivity contribution in [2.24, 2.45) is 0 Å². The Bertz CT molecular complexity index is 1440. The number of aromatic amines is 1. The Morgan fingerprint density at radius 2 is 1.82 bits per heavy atom. The first-order valence-corrected chi connectivity index (χ1v) is 13.2. The van der Waals surface area contributed by atoms with Gasteiger partial charge < -0.3 is 4.98 Å². The molecule has 2 aliphatic rings. The number of benzene rings is 1. The van der Waals surface area contributed by atoms with Crippen molar-refractivity contribution in [1.82, 2.24) is 24.1 Å². The van der Waals surface area contributed by atoms with E-state index in [1.54, 1.807) is 10.5 Å². The molecule has 0 saturated carbocycles. The first-order valence-electron chi connectivity index (χ1n) is 11.2. The Labute approximate surface area is 197 Å². The van der Waals surface area contributed by atoms with E-state index in [-0.39, 0.29) is 11.2 Å². The van der Waals surface area contributed by atoms with Crippen molar-refractivity contribution in [2.45, 2.75) is 37.0 Å². The minimum atomic E-state index is -3.33. The average molecular weight is 482 g/mol. The molecule has 1 saturated heterocycles. The van der Waals surface area contributed by atoms with Gasteiger partial charge in [0.25, 0.3) is 0 Å². The lowest BCUT2D eigenvalue weighted by atomic mass is 9.75. The van der Waals surface area contributed by atoms with Crippen LogP contribution in [0.25, 0.3) is 22.3 Å². The Kier molecular flexibility index (Phi) is 4.87. The molecular formula is C24H24ClN5O2S. The van der Waals surface area contributed by atoms with Gasteiger partial charge in [-0.25, -0.2) is 17.7 Å². The van der Waals surface area contributed by atoms with Crippen LogP contribution in [0, 0.1) is 0 Å². The first kappa shape index (κ1) is 20.9. The van der Waals surface area contributed by atoms with Gasteiger partial charge in [-0.05, 0) is 37.0 Å². The molecular weight excluding hydrogens is 458 g/mol. The van der Waals surface area contributed by atoms with Gasteiger partial charge in [-0.15, -0.1) is 0 Å². The second-order valence-electron chi connectivity index (χ2n) is 9.07. The summed E-state index contributed by atoms with van der Waals surface area (Å²) in [6.45, 7) is 1.94. The van der Waals surface area contributed by atoms with E-state index in [0.717, 1.165) is 53.7 Å². The predicted molar refractivity (Wildman–Crippen MR) is 128 cm³/mol. The van der Waals surface area contributed by atoms with E-state index in [2.05, 4.69) is 20.7 Å². The molecule has 1 fully saturated rings. The SMILES string of the molecule is O=S(=O)(Cc1ccccc1)N1CCC2(CC1)CCn1nc(-c3cnc4[nH]cc(Cl)c4c3)cc12. The lowest BCUT2D eigenvalue weighted by Crippen LogP contribution is -2.44. The zero-order valence-electron chi connectivity index (χ0n) is 18.0. The second kappa shape index (κ2) is 7.68. The van der Waals surface area contributed by atoms with E-state index in [9.17, 15) is 8.42 Å². The molecule has 0 amide bonds. The van der Waals surface area contributed by atoms with Crippen LogP contribution in [0.5, 0.6) is 0 Å². The van der Waals surface area contributed by atoms with Crippen molar-refractivity contribution in [1.29, 1.82) is 0 Å². The molecule has 0 radical (unpaired) electrons. The fourth-order valence-electron chi connectivity index (χ4n) is 5.29. The fraction of sp³-hybridized carbons (Fsp3) is 0.333. The molecule has 9 heteroatoms. The molecule has 170 valence electrons. The highest BCUT2D eigenvalue weighted by atomic mass is 35.5. The Morgan fingerprint density at radius 1 is 1.06 bits per heavy atom. The van der Waals surface area contributed by atoms with Gasteiger partial charge in [0.05, 0.1) is 16.5 Å². The van der Waals surface area contributed by atoms with Crippen LogP contribution in [-0.2, 0) is 27.7 Å². The third-order valence-electron chi connectivity index (χ3n) is 7.17. The third-order valence-corrected chi connectivity index (χ3v) is 9.33. The largest absolute Gasteiger partial charge is 0.345 e. The van der Waals surface area contributed by atoms with E-state index in [0.29, 0.717) is 18.1 Å². The van der Waals surface area contributed by atoms with E-state index in [1.807, 2.05) is 42.6 Å². The zero-order chi connectivity index (χ0) is 22.6. The highest BCUT2D eigenvalue weighted by Crippen LogP contribution is 2.45. The zero-order valence-corrected chi connectivity index (χ0v) is 19.6. The van der Waals surface area contributed by atoms with E-state index in [1.165, 1.54) is 5.69 Å². The van der Waals surface area contributed by atoms with Crippen molar-refractivity contribution in [3.05, 3.63) is 71.1 Å². The van der Waals surface area contributed by atoms with Gasteiger partial charge in [-0.1, -0.05) is 41.9 Å². The summed E-state index contributed by atoms with van der Waals surface area (Å²) in [6.07, 6.45) is 6.19. The lowest BCUT2D eigenvalue weighted by Gasteiger charge is -2.38. The van der Waals surface area contributed by atoms with Crippen LogP contribution in [0.15, 0.2) is 54.9 Å². The molecule has 33 heavy (non-hydrogen) atoms. The number of halogens is 1. The minimum Gasteiger partial charge on any atom is -0.345 e. The molecule has 3 aromatic heterocycles. The molecule has 6 rings (SSSR count). The maximum absolute atomic E-state index is 13.0. The molecule has 0 unspecified atom stereocenters. The van der Waals surface area contributed by atoms with Crippen LogP contribution in [0.3, 0.4) is 0 Å². The molecule has 4 aromatic rings. The second-order valence-corrected chi connectivity index (χ2v) is 11.4. The van der Waals surface area contributed by atoms with Gasteiger partial charge in [-0.2, -0.15) is 5.10 Å².